The van der Waals surface area contributed by atoms with Crippen molar-refractivity contribution in [3.05, 3.63) is 18.5 Å². The zero-order valence-corrected chi connectivity index (χ0v) is 8.57. The number of carbonyl (C=O) groups is 1. The number of hydrogen-bond donors (Lipinski definition) is 3. The first kappa shape index (κ1) is 11.3. The Hall–Kier alpha value is -1.78. The molecule has 5 heteroatoms. The van der Waals surface area contributed by atoms with Crippen LogP contribution in [-0.4, -0.2) is 17.4 Å². The number of rotatable bonds is 6. The number of aromatic nitrogens is 1. The minimum atomic E-state index is -0.249. The Balaban J connectivity index is 2.17. The fourth-order valence-electron chi connectivity index (χ4n) is 1.21. The van der Waals surface area contributed by atoms with E-state index in [2.05, 4.69) is 10.3 Å². The number of hydrogen-bond acceptors (Lipinski definition) is 4. The number of nitrogens with zero attached hydrogens (tertiary/aromatic N) is 1. The third-order valence-electron chi connectivity index (χ3n) is 1.94. The lowest BCUT2D eigenvalue weighted by molar-refractivity contribution is -0.118. The summed E-state index contributed by atoms with van der Waals surface area (Å²) in [6.07, 6.45) is 5.45. The molecule has 5 N–H and O–H groups in total. The normalized spacial score (nSPS) is 9.87. The van der Waals surface area contributed by atoms with E-state index < -0.39 is 0 Å². The number of carbonyl (C=O) groups excluding carboxylic acids is 1. The molecule has 0 aliphatic heterocycles. The van der Waals surface area contributed by atoms with Crippen molar-refractivity contribution in [2.75, 3.05) is 17.6 Å². The van der Waals surface area contributed by atoms with Gasteiger partial charge >= 0.3 is 0 Å². The summed E-state index contributed by atoms with van der Waals surface area (Å²) in [5.41, 5.74) is 12.1. The van der Waals surface area contributed by atoms with E-state index in [1.54, 1.807) is 12.4 Å². The number of unbranched alkanes of at least 4 members (excludes halogenated alkanes) is 1. The molecule has 0 aliphatic rings. The third kappa shape index (κ3) is 4.85. The Morgan fingerprint density at radius 2 is 2.20 bits per heavy atom. The van der Waals surface area contributed by atoms with Gasteiger partial charge in [0, 0.05) is 19.2 Å². The quantitative estimate of drug-likeness (QED) is 0.601. The molecule has 0 atom stereocenters. The van der Waals surface area contributed by atoms with E-state index in [-0.39, 0.29) is 5.91 Å². The maximum Gasteiger partial charge on any atom is 0.217 e. The number of primary amides is 1. The molecule has 0 saturated carbocycles. The van der Waals surface area contributed by atoms with E-state index >= 15 is 0 Å². The van der Waals surface area contributed by atoms with Gasteiger partial charge in [-0.15, -0.1) is 0 Å². The van der Waals surface area contributed by atoms with E-state index in [4.69, 9.17) is 11.5 Å². The van der Waals surface area contributed by atoms with Crippen LogP contribution >= 0.6 is 0 Å². The number of pyridine rings is 1. The molecule has 0 saturated heterocycles. The molecule has 15 heavy (non-hydrogen) atoms. The first-order valence-electron chi connectivity index (χ1n) is 4.91. The number of nitrogens with two attached hydrogens (primary N) is 2. The molecule has 1 aromatic rings. The number of amides is 1. The number of anilines is 2. The average molecular weight is 208 g/mol. The summed E-state index contributed by atoms with van der Waals surface area (Å²) in [7, 11) is 0. The highest BCUT2D eigenvalue weighted by atomic mass is 16.1. The summed E-state index contributed by atoms with van der Waals surface area (Å²) in [6, 6.07) is 1.82. The largest absolute Gasteiger partial charge is 0.397 e. The topological polar surface area (TPSA) is 94.0 Å². The van der Waals surface area contributed by atoms with Crippen LogP contribution in [0.2, 0.25) is 0 Å². The van der Waals surface area contributed by atoms with Crippen molar-refractivity contribution in [3.8, 4) is 0 Å². The van der Waals surface area contributed by atoms with Crippen LogP contribution in [0.4, 0.5) is 11.4 Å². The predicted octanol–water partition coefficient (Wildman–Crippen LogP) is 0.731. The van der Waals surface area contributed by atoms with Crippen molar-refractivity contribution >= 4 is 17.3 Å². The first-order valence-corrected chi connectivity index (χ1v) is 4.91. The summed E-state index contributed by atoms with van der Waals surface area (Å²) in [5.74, 6) is -0.249. The van der Waals surface area contributed by atoms with Crippen LogP contribution in [-0.2, 0) is 4.79 Å². The molecular formula is C10H16N4O. The van der Waals surface area contributed by atoms with E-state index in [0.29, 0.717) is 12.1 Å². The highest BCUT2D eigenvalue weighted by molar-refractivity contribution is 5.73. The van der Waals surface area contributed by atoms with Crippen molar-refractivity contribution in [1.29, 1.82) is 0 Å². The Bertz CT molecular complexity index is 327. The first-order chi connectivity index (χ1) is 7.18. The summed E-state index contributed by atoms with van der Waals surface area (Å²) >= 11 is 0. The maximum atomic E-state index is 10.5. The van der Waals surface area contributed by atoms with Crippen LogP contribution in [0.5, 0.6) is 0 Å². The van der Waals surface area contributed by atoms with Crippen LogP contribution in [0.15, 0.2) is 18.5 Å². The van der Waals surface area contributed by atoms with Crippen molar-refractivity contribution in [2.24, 2.45) is 5.73 Å². The second-order valence-corrected chi connectivity index (χ2v) is 3.36. The van der Waals surface area contributed by atoms with Crippen molar-refractivity contribution in [3.63, 3.8) is 0 Å². The molecule has 0 bridgehead atoms. The Morgan fingerprint density at radius 3 is 2.87 bits per heavy atom. The zero-order chi connectivity index (χ0) is 11.1. The van der Waals surface area contributed by atoms with Gasteiger partial charge in [0.25, 0.3) is 0 Å². The van der Waals surface area contributed by atoms with Crippen LogP contribution < -0.4 is 16.8 Å². The van der Waals surface area contributed by atoms with Crippen LogP contribution in [0, 0.1) is 0 Å². The molecule has 0 aromatic carbocycles. The molecule has 1 amide bonds. The average Bonchev–Trinajstić information content (AvgIpc) is 2.17. The second-order valence-electron chi connectivity index (χ2n) is 3.36. The molecule has 0 aliphatic carbocycles. The smallest absolute Gasteiger partial charge is 0.217 e. The lowest BCUT2D eigenvalue weighted by Crippen LogP contribution is -2.11. The van der Waals surface area contributed by atoms with Crippen LogP contribution in [0.1, 0.15) is 19.3 Å². The second kappa shape index (κ2) is 5.85. The van der Waals surface area contributed by atoms with E-state index in [0.717, 1.165) is 25.1 Å². The maximum absolute atomic E-state index is 10.5. The van der Waals surface area contributed by atoms with Crippen LogP contribution in [0.3, 0.4) is 0 Å². The summed E-state index contributed by atoms with van der Waals surface area (Å²) in [6.45, 7) is 0.790. The molecule has 0 fully saturated rings. The minimum Gasteiger partial charge on any atom is -0.397 e. The van der Waals surface area contributed by atoms with Gasteiger partial charge in [0.05, 0.1) is 17.6 Å². The fourth-order valence-corrected chi connectivity index (χ4v) is 1.21. The third-order valence-corrected chi connectivity index (χ3v) is 1.94. The van der Waals surface area contributed by atoms with Gasteiger partial charge in [0.15, 0.2) is 0 Å². The molecule has 0 unspecified atom stereocenters. The monoisotopic (exact) mass is 208 g/mol. The molecule has 0 radical (unpaired) electrons. The standard InChI is InChI=1S/C10H16N4O/c11-8-5-9(7-13-6-8)14-4-2-1-3-10(12)15/h5-7,14H,1-4,11H2,(H2,12,15). The van der Waals surface area contributed by atoms with E-state index in [9.17, 15) is 4.79 Å². The van der Waals surface area contributed by atoms with Crippen molar-refractivity contribution in [2.45, 2.75) is 19.3 Å². The summed E-state index contributed by atoms with van der Waals surface area (Å²) < 4.78 is 0. The van der Waals surface area contributed by atoms with Crippen molar-refractivity contribution < 1.29 is 4.79 Å². The lowest BCUT2D eigenvalue weighted by Gasteiger charge is -2.05. The van der Waals surface area contributed by atoms with Gasteiger partial charge in [-0.25, -0.2) is 0 Å². The predicted molar refractivity (Wildman–Crippen MR) is 60.2 cm³/mol. The number of nitrogen functional groups attached to an aromatic ring is 1. The highest BCUT2D eigenvalue weighted by Crippen LogP contribution is 2.09. The molecule has 1 rings (SSSR count). The van der Waals surface area contributed by atoms with Gasteiger partial charge in [0.1, 0.15) is 0 Å². The molecular weight excluding hydrogens is 192 g/mol. The minimum absolute atomic E-state index is 0.249. The Labute approximate surface area is 88.9 Å². The fraction of sp³-hybridized carbons (Fsp3) is 0.400. The molecule has 0 spiro atoms. The zero-order valence-electron chi connectivity index (χ0n) is 8.57. The van der Waals surface area contributed by atoms with E-state index in [1.165, 1.54) is 0 Å². The summed E-state index contributed by atoms with van der Waals surface area (Å²) in [5, 5.41) is 3.16. The SMILES string of the molecule is NC(=O)CCCCNc1cncc(N)c1. The molecule has 1 heterocycles. The number of nitrogens with one attached hydrogen (secondary N) is 1. The van der Waals surface area contributed by atoms with Gasteiger partial charge < -0.3 is 16.8 Å². The van der Waals surface area contributed by atoms with Gasteiger partial charge in [-0.2, -0.15) is 0 Å². The molecule has 82 valence electrons. The van der Waals surface area contributed by atoms with Gasteiger partial charge in [0.2, 0.25) is 5.91 Å². The Kier molecular flexibility index (Phi) is 4.40. The van der Waals surface area contributed by atoms with E-state index in [1.807, 2.05) is 6.07 Å². The van der Waals surface area contributed by atoms with Gasteiger partial charge in [-0.3, -0.25) is 9.78 Å². The molecule has 1 aromatic heterocycles. The molecule has 5 nitrogen and oxygen atoms in total. The summed E-state index contributed by atoms with van der Waals surface area (Å²) in [4.78, 5) is 14.4. The van der Waals surface area contributed by atoms with Gasteiger partial charge in [-0.1, -0.05) is 0 Å². The lowest BCUT2D eigenvalue weighted by atomic mass is 10.2. The van der Waals surface area contributed by atoms with Crippen molar-refractivity contribution in [1.82, 2.24) is 4.98 Å². The van der Waals surface area contributed by atoms with Gasteiger partial charge in [-0.05, 0) is 18.9 Å². The highest BCUT2D eigenvalue weighted by Gasteiger charge is 1.95. The van der Waals surface area contributed by atoms with Crippen LogP contribution in [0.25, 0.3) is 0 Å². The Morgan fingerprint density at radius 1 is 1.40 bits per heavy atom.